The van der Waals surface area contributed by atoms with Crippen LogP contribution in [0.3, 0.4) is 0 Å². The third kappa shape index (κ3) is 3.49. The molecule has 0 aliphatic heterocycles. The van der Waals surface area contributed by atoms with Gasteiger partial charge in [0, 0.05) is 17.1 Å². The van der Waals surface area contributed by atoms with Crippen molar-refractivity contribution < 1.29 is 18.7 Å². The number of hydrogen-bond acceptors (Lipinski definition) is 4. The molecule has 3 rings (SSSR count). The van der Waals surface area contributed by atoms with Gasteiger partial charge < -0.3 is 14.8 Å². The molecule has 7 heteroatoms. The first-order valence-electron chi connectivity index (χ1n) is 7.35. The van der Waals surface area contributed by atoms with Gasteiger partial charge in [0.25, 0.3) is 0 Å². The second-order valence-corrected chi connectivity index (χ2v) is 5.93. The number of carbonyl (C=O) groups excluding carboxylic acids is 1. The average molecular weight is 362 g/mol. The lowest BCUT2D eigenvalue weighted by atomic mass is 10.0. The first-order chi connectivity index (χ1) is 11.8. The van der Waals surface area contributed by atoms with Crippen LogP contribution >= 0.6 is 11.6 Å². The van der Waals surface area contributed by atoms with E-state index in [1.807, 2.05) is 0 Å². The number of benzene rings is 2. The van der Waals surface area contributed by atoms with Gasteiger partial charge in [-0.3, -0.25) is 4.79 Å². The third-order valence-electron chi connectivity index (χ3n) is 3.81. The van der Waals surface area contributed by atoms with Crippen molar-refractivity contribution in [3.63, 3.8) is 0 Å². The van der Waals surface area contributed by atoms with Crippen molar-refractivity contribution in [2.24, 2.45) is 0 Å². The molecule has 2 N–H and O–H groups in total. The number of amides is 1. The second-order valence-electron chi connectivity index (χ2n) is 5.53. The molecule has 0 bridgehead atoms. The van der Waals surface area contributed by atoms with Crippen molar-refractivity contribution in [2.45, 2.75) is 13.3 Å². The van der Waals surface area contributed by atoms with Gasteiger partial charge in [-0.2, -0.15) is 0 Å². The summed E-state index contributed by atoms with van der Waals surface area (Å²) in [4.78, 5) is 24.4. The number of hydrogen-bond donors (Lipinski definition) is 2. The van der Waals surface area contributed by atoms with Crippen LogP contribution in [0.2, 0.25) is 5.02 Å². The van der Waals surface area contributed by atoms with Crippen LogP contribution in [-0.4, -0.2) is 11.0 Å². The predicted molar refractivity (Wildman–Crippen MR) is 92.6 cm³/mol. The molecule has 1 heterocycles. The minimum Gasteiger partial charge on any atom is -0.508 e. The fourth-order valence-electron chi connectivity index (χ4n) is 2.53. The molecule has 2 aromatic carbocycles. The van der Waals surface area contributed by atoms with Crippen LogP contribution < -0.4 is 10.9 Å². The number of carbonyl (C=O) groups is 1. The molecule has 1 aromatic heterocycles. The van der Waals surface area contributed by atoms with Crippen LogP contribution in [0.25, 0.3) is 11.0 Å². The van der Waals surface area contributed by atoms with Crippen LogP contribution in [0.5, 0.6) is 5.75 Å². The number of aromatic hydroxyl groups is 1. The summed E-state index contributed by atoms with van der Waals surface area (Å²) in [6.07, 6.45) is -0.208. The van der Waals surface area contributed by atoms with Crippen molar-refractivity contribution in [3.8, 4) is 5.75 Å². The fraction of sp³-hybridized carbons (Fsp3) is 0.111. The summed E-state index contributed by atoms with van der Waals surface area (Å²) in [6.45, 7) is 1.70. The predicted octanol–water partition coefficient (Wildman–Crippen LogP) is 3.78. The number of aryl methyl sites for hydroxylation is 1. The molecule has 0 saturated heterocycles. The van der Waals surface area contributed by atoms with Gasteiger partial charge in [0.2, 0.25) is 5.91 Å². The van der Waals surface area contributed by atoms with Crippen LogP contribution in [0.4, 0.5) is 10.1 Å². The van der Waals surface area contributed by atoms with E-state index in [2.05, 4.69) is 5.32 Å². The van der Waals surface area contributed by atoms with Crippen LogP contribution in [0, 0.1) is 12.7 Å². The summed E-state index contributed by atoms with van der Waals surface area (Å²) in [5.74, 6) is -1.07. The number of phenols is 1. The molecule has 0 unspecified atom stereocenters. The van der Waals surface area contributed by atoms with Gasteiger partial charge in [-0.25, -0.2) is 9.18 Å². The Balaban J connectivity index is 1.89. The van der Waals surface area contributed by atoms with Gasteiger partial charge in [0.05, 0.1) is 17.0 Å². The number of phenolic OH excluding ortho intramolecular Hbond substituents is 1. The van der Waals surface area contributed by atoms with Crippen LogP contribution in [0.15, 0.2) is 45.6 Å². The monoisotopic (exact) mass is 361 g/mol. The lowest BCUT2D eigenvalue weighted by Crippen LogP contribution is -2.20. The van der Waals surface area contributed by atoms with E-state index < -0.39 is 17.3 Å². The summed E-state index contributed by atoms with van der Waals surface area (Å²) >= 11 is 5.67. The van der Waals surface area contributed by atoms with Gasteiger partial charge in [-0.1, -0.05) is 11.6 Å². The summed E-state index contributed by atoms with van der Waals surface area (Å²) in [7, 11) is 0. The topological polar surface area (TPSA) is 79.5 Å². The van der Waals surface area contributed by atoms with Gasteiger partial charge in [0.15, 0.2) is 0 Å². The van der Waals surface area contributed by atoms with E-state index in [-0.39, 0.29) is 28.3 Å². The van der Waals surface area contributed by atoms with Crippen LogP contribution in [0.1, 0.15) is 11.1 Å². The van der Waals surface area contributed by atoms with Crippen LogP contribution in [-0.2, 0) is 11.2 Å². The van der Waals surface area contributed by atoms with E-state index in [4.69, 9.17) is 16.0 Å². The van der Waals surface area contributed by atoms with E-state index in [9.17, 15) is 19.1 Å². The smallest absolute Gasteiger partial charge is 0.340 e. The molecule has 0 aliphatic carbocycles. The number of anilines is 1. The zero-order chi connectivity index (χ0) is 18.1. The van der Waals surface area contributed by atoms with Gasteiger partial charge >= 0.3 is 5.63 Å². The van der Waals surface area contributed by atoms with Crippen molar-refractivity contribution >= 4 is 34.2 Å². The highest BCUT2D eigenvalue weighted by molar-refractivity contribution is 6.31. The summed E-state index contributed by atoms with van der Waals surface area (Å²) in [6, 6.07) is 8.23. The Labute approximate surface area is 146 Å². The quantitative estimate of drug-likeness (QED) is 0.696. The molecule has 3 aromatic rings. The van der Waals surface area contributed by atoms with E-state index >= 15 is 0 Å². The maximum absolute atomic E-state index is 13.1. The first-order valence-corrected chi connectivity index (χ1v) is 7.73. The molecule has 0 aliphatic rings. The summed E-state index contributed by atoms with van der Waals surface area (Å²) in [5, 5.41) is 12.5. The van der Waals surface area contributed by atoms with Crippen molar-refractivity contribution in [1.29, 1.82) is 0 Å². The number of halogens is 2. The molecular weight excluding hydrogens is 349 g/mol. The minimum absolute atomic E-state index is 0.0197. The number of nitrogens with one attached hydrogen (secondary N) is 1. The fourth-order valence-corrected chi connectivity index (χ4v) is 2.71. The maximum Gasteiger partial charge on any atom is 0.340 e. The summed E-state index contributed by atoms with van der Waals surface area (Å²) in [5.41, 5.74) is 0.728. The first kappa shape index (κ1) is 17.0. The van der Waals surface area contributed by atoms with Crippen molar-refractivity contribution in [1.82, 2.24) is 0 Å². The highest BCUT2D eigenvalue weighted by Gasteiger charge is 2.15. The van der Waals surface area contributed by atoms with Gasteiger partial charge in [0.1, 0.15) is 17.1 Å². The second kappa shape index (κ2) is 6.57. The molecule has 1 amide bonds. The van der Waals surface area contributed by atoms with E-state index in [1.165, 1.54) is 24.3 Å². The molecule has 5 nitrogen and oxygen atoms in total. The largest absolute Gasteiger partial charge is 0.508 e. The van der Waals surface area contributed by atoms with Crippen molar-refractivity contribution in [3.05, 3.63) is 68.8 Å². The Morgan fingerprint density at radius 3 is 2.76 bits per heavy atom. The third-order valence-corrected chi connectivity index (χ3v) is 4.10. The molecule has 0 fully saturated rings. The Kier molecular flexibility index (Phi) is 4.46. The van der Waals surface area contributed by atoms with Gasteiger partial charge in [-0.05, 0) is 42.8 Å². The molecular formula is C18H13ClFNO4. The Morgan fingerprint density at radius 1 is 1.28 bits per heavy atom. The minimum atomic E-state index is -0.650. The Morgan fingerprint density at radius 2 is 2.04 bits per heavy atom. The molecule has 0 atom stereocenters. The normalized spacial score (nSPS) is 10.8. The summed E-state index contributed by atoms with van der Waals surface area (Å²) < 4.78 is 18.3. The van der Waals surface area contributed by atoms with Crippen molar-refractivity contribution in [2.75, 3.05) is 5.32 Å². The molecule has 0 spiro atoms. The zero-order valence-electron chi connectivity index (χ0n) is 13.1. The molecule has 0 radical (unpaired) electrons. The molecule has 128 valence electrons. The standard InChI is InChI=1S/C18H13ClFNO4/c1-9-12-4-3-11(22)7-16(12)25-18(24)13(9)8-17(23)21-10-2-5-15(20)14(19)6-10/h2-7,22H,8H2,1H3,(H,21,23). The van der Waals surface area contributed by atoms with E-state index in [0.717, 1.165) is 6.07 Å². The van der Waals surface area contributed by atoms with Gasteiger partial charge in [-0.15, -0.1) is 0 Å². The molecule has 0 saturated carbocycles. The highest BCUT2D eigenvalue weighted by Crippen LogP contribution is 2.24. The lowest BCUT2D eigenvalue weighted by Gasteiger charge is -2.09. The zero-order valence-corrected chi connectivity index (χ0v) is 13.9. The average Bonchev–Trinajstić information content (AvgIpc) is 2.54. The van der Waals surface area contributed by atoms with E-state index in [1.54, 1.807) is 13.0 Å². The molecule has 25 heavy (non-hydrogen) atoms. The lowest BCUT2D eigenvalue weighted by molar-refractivity contribution is -0.115. The van der Waals surface area contributed by atoms with E-state index in [0.29, 0.717) is 16.6 Å². The number of fused-ring (bicyclic) bond motifs is 1. The maximum atomic E-state index is 13.1. The highest BCUT2D eigenvalue weighted by atomic mass is 35.5. The Bertz CT molecular complexity index is 1050. The SMILES string of the molecule is Cc1c(CC(=O)Nc2ccc(F)c(Cl)c2)c(=O)oc2cc(O)ccc12. The number of rotatable bonds is 3. The Hall–Kier alpha value is -2.86.